The Balaban J connectivity index is 1.79. The molecule has 1 fully saturated rings. The van der Waals surface area contributed by atoms with E-state index in [0.29, 0.717) is 12.3 Å². The van der Waals surface area contributed by atoms with Crippen molar-refractivity contribution in [2.24, 2.45) is 4.99 Å². The van der Waals surface area contributed by atoms with Crippen molar-refractivity contribution >= 4 is 28.1 Å². The van der Waals surface area contributed by atoms with E-state index in [0.717, 1.165) is 11.1 Å². The number of benzene rings is 2. The second kappa shape index (κ2) is 12.8. The molecule has 0 spiro atoms. The summed E-state index contributed by atoms with van der Waals surface area (Å²) >= 11 is 0. The molecule has 1 aliphatic heterocycles. The normalized spacial score (nSPS) is 17.2. The maximum absolute atomic E-state index is 13.1. The van der Waals surface area contributed by atoms with Gasteiger partial charge in [-0.15, -0.1) is 0 Å². The van der Waals surface area contributed by atoms with E-state index in [2.05, 4.69) is 10.3 Å². The fraction of sp³-hybridized carbons (Fsp3) is 0.483. The molecule has 2 atom stereocenters. The summed E-state index contributed by atoms with van der Waals surface area (Å²) in [5.41, 5.74) is 0.449. The van der Waals surface area contributed by atoms with E-state index in [9.17, 15) is 18.0 Å². The molecule has 1 amide bonds. The van der Waals surface area contributed by atoms with Gasteiger partial charge in [-0.3, -0.25) is 4.18 Å². The predicted molar refractivity (Wildman–Crippen MR) is 149 cm³/mol. The van der Waals surface area contributed by atoms with Crippen molar-refractivity contribution in [3.63, 3.8) is 0 Å². The Morgan fingerprint density at radius 3 is 2.27 bits per heavy atom. The standard InChI is InChI=1S/C29H38N2O8S/c1-20-12-14-23(15-13-20)40(34,35)39-22(18-30-27(33)36-19-21-10-8-7-9-11-21)16-24(26(32)38-28(2,3)4)31-25-17-29(5,6)37-25/h7-15,22,24H,16-19H2,1-6H3,(H,30,33). The van der Waals surface area contributed by atoms with E-state index in [1.54, 1.807) is 32.9 Å². The van der Waals surface area contributed by atoms with Gasteiger partial charge in [0, 0.05) is 13.0 Å². The molecule has 0 bridgehead atoms. The van der Waals surface area contributed by atoms with Gasteiger partial charge < -0.3 is 19.5 Å². The first-order valence-corrected chi connectivity index (χ1v) is 14.5. The highest BCUT2D eigenvalue weighted by Gasteiger charge is 2.38. The average Bonchev–Trinajstić information content (AvgIpc) is 2.84. The maximum atomic E-state index is 13.1. The molecule has 0 aliphatic carbocycles. The molecule has 2 unspecified atom stereocenters. The Hall–Kier alpha value is -3.44. The van der Waals surface area contributed by atoms with Crippen LogP contribution in [0.5, 0.6) is 0 Å². The number of hydrogen-bond acceptors (Lipinski definition) is 9. The van der Waals surface area contributed by atoms with E-state index in [4.69, 9.17) is 18.4 Å². The summed E-state index contributed by atoms with van der Waals surface area (Å²) in [7, 11) is -4.25. The molecule has 2 aromatic carbocycles. The van der Waals surface area contributed by atoms with E-state index in [-0.39, 0.29) is 24.5 Å². The van der Waals surface area contributed by atoms with Gasteiger partial charge in [-0.05, 0) is 59.2 Å². The van der Waals surface area contributed by atoms with Crippen LogP contribution in [0.2, 0.25) is 0 Å². The Morgan fingerprint density at radius 1 is 1.07 bits per heavy atom. The van der Waals surface area contributed by atoms with Gasteiger partial charge in [0.15, 0.2) is 11.9 Å². The number of nitrogens with zero attached hydrogens (tertiary/aromatic N) is 1. The minimum atomic E-state index is -4.25. The van der Waals surface area contributed by atoms with Crippen molar-refractivity contribution in [2.75, 3.05) is 6.54 Å². The smallest absolute Gasteiger partial charge is 0.407 e. The van der Waals surface area contributed by atoms with Crippen LogP contribution in [-0.4, -0.2) is 56.3 Å². The summed E-state index contributed by atoms with van der Waals surface area (Å²) in [6, 6.07) is 14.1. The highest BCUT2D eigenvalue weighted by molar-refractivity contribution is 7.86. The topological polar surface area (TPSA) is 130 Å². The number of nitrogens with one attached hydrogen (secondary N) is 1. The van der Waals surface area contributed by atoms with Crippen LogP contribution in [0.15, 0.2) is 64.5 Å². The zero-order chi connectivity index (χ0) is 29.6. The van der Waals surface area contributed by atoms with Crippen molar-refractivity contribution in [1.82, 2.24) is 5.32 Å². The molecular weight excluding hydrogens is 536 g/mol. The molecule has 1 N–H and O–H groups in total. The molecule has 1 aliphatic rings. The molecule has 11 heteroatoms. The number of carbonyl (C=O) groups excluding carboxylic acids is 2. The largest absolute Gasteiger partial charge is 0.474 e. The average molecular weight is 575 g/mol. The lowest BCUT2D eigenvalue weighted by atomic mass is 9.99. The highest BCUT2D eigenvalue weighted by Crippen LogP contribution is 2.29. The molecule has 2 aromatic rings. The minimum absolute atomic E-state index is 0.0289. The lowest BCUT2D eigenvalue weighted by Crippen LogP contribution is -2.44. The zero-order valence-electron chi connectivity index (χ0n) is 23.8. The number of rotatable bonds is 11. The van der Waals surface area contributed by atoms with E-state index in [1.165, 1.54) is 12.1 Å². The Morgan fingerprint density at radius 2 is 1.70 bits per heavy atom. The van der Waals surface area contributed by atoms with E-state index in [1.807, 2.05) is 51.1 Å². The van der Waals surface area contributed by atoms with Crippen molar-refractivity contribution in [2.45, 2.75) is 89.2 Å². The first-order valence-electron chi connectivity index (χ1n) is 13.0. The molecular formula is C29H38N2O8S. The highest BCUT2D eigenvalue weighted by atomic mass is 32.2. The third-order valence-electron chi connectivity index (χ3n) is 5.70. The van der Waals surface area contributed by atoms with Crippen LogP contribution in [0.4, 0.5) is 4.79 Å². The number of aryl methyl sites for hydroxylation is 1. The van der Waals surface area contributed by atoms with Gasteiger partial charge in [-0.1, -0.05) is 48.0 Å². The maximum Gasteiger partial charge on any atom is 0.407 e. The van der Waals surface area contributed by atoms with Crippen LogP contribution in [0, 0.1) is 6.92 Å². The fourth-order valence-corrected chi connectivity index (χ4v) is 4.89. The summed E-state index contributed by atoms with van der Waals surface area (Å²) in [4.78, 5) is 29.9. The Bertz CT molecular complexity index is 1290. The summed E-state index contributed by atoms with van der Waals surface area (Å²) < 4.78 is 48.2. The molecule has 0 radical (unpaired) electrons. The van der Waals surface area contributed by atoms with Gasteiger partial charge >= 0.3 is 12.1 Å². The third-order valence-corrected chi connectivity index (χ3v) is 7.07. The first-order chi connectivity index (χ1) is 18.6. The predicted octanol–water partition coefficient (Wildman–Crippen LogP) is 4.69. The van der Waals surface area contributed by atoms with Gasteiger partial charge in [0.25, 0.3) is 10.1 Å². The molecule has 0 saturated carbocycles. The monoisotopic (exact) mass is 574 g/mol. The van der Waals surface area contributed by atoms with Crippen LogP contribution < -0.4 is 5.32 Å². The SMILES string of the molecule is Cc1ccc(S(=O)(=O)OC(CNC(=O)OCc2ccccc2)CC(N=C2CC(C)(C)O2)C(=O)OC(C)(C)C)cc1. The summed E-state index contributed by atoms with van der Waals surface area (Å²) in [5.74, 6) is -0.308. The van der Waals surface area contributed by atoms with Gasteiger partial charge in [0.05, 0.1) is 17.4 Å². The summed E-state index contributed by atoms with van der Waals surface area (Å²) in [6.45, 7) is 10.5. The molecule has 218 valence electrons. The Kier molecular flexibility index (Phi) is 9.96. The second-order valence-corrected chi connectivity index (χ2v) is 12.8. The number of esters is 1. The molecule has 10 nitrogen and oxygen atoms in total. The van der Waals surface area contributed by atoms with Gasteiger partial charge in [-0.2, -0.15) is 8.42 Å². The van der Waals surface area contributed by atoms with E-state index >= 15 is 0 Å². The number of aliphatic imine (C=N–C) groups is 1. The van der Waals surface area contributed by atoms with Crippen molar-refractivity contribution in [3.05, 3.63) is 65.7 Å². The molecule has 0 aromatic heterocycles. The Labute approximate surface area is 236 Å². The molecule has 3 rings (SSSR count). The van der Waals surface area contributed by atoms with Crippen molar-refractivity contribution < 1.29 is 36.4 Å². The molecule has 1 saturated heterocycles. The lowest BCUT2D eigenvalue weighted by Gasteiger charge is -2.37. The van der Waals surface area contributed by atoms with Crippen molar-refractivity contribution in [1.29, 1.82) is 0 Å². The first kappa shape index (κ1) is 31.1. The van der Waals surface area contributed by atoms with E-state index < -0.39 is 45.5 Å². The number of carbonyl (C=O) groups is 2. The van der Waals surface area contributed by atoms with Crippen molar-refractivity contribution in [3.8, 4) is 0 Å². The van der Waals surface area contributed by atoms with Gasteiger partial charge in [-0.25, -0.2) is 14.6 Å². The van der Waals surface area contributed by atoms with Crippen LogP contribution >= 0.6 is 0 Å². The number of ether oxygens (including phenoxy) is 3. The quantitative estimate of drug-likeness (QED) is 0.302. The van der Waals surface area contributed by atoms with Crippen LogP contribution in [0.1, 0.15) is 58.6 Å². The van der Waals surface area contributed by atoms with Crippen LogP contribution in [0.3, 0.4) is 0 Å². The van der Waals surface area contributed by atoms with Gasteiger partial charge in [0.1, 0.15) is 17.8 Å². The van der Waals surface area contributed by atoms with Crippen LogP contribution in [0.25, 0.3) is 0 Å². The number of hydrogen-bond donors (Lipinski definition) is 1. The summed E-state index contributed by atoms with van der Waals surface area (Å²) in [6.07, 6.45) is -1.64. The zero-order valence-corrected chi connectivity index (χ0v) is 24.6. The summed E-state index contributed by atoms with van der Waals surface area (Å²) in [5, 5.41) is 2.54. The number of alkyl carbamates (subject to hydrolysis) is 1. The minimum Gasteiger partial charge on any atom is -0.474 e. The number of amides is 1. The lowest BCUT2D eigenvalue weighted by molar-refractivity contribution is -0.157. The molecule has 40 heavy (non-hydrogen) atoms. The fourth-order valence-electron chi connectivity index (χ4n) is 3.81. The van der Waals surface area contributed by atoms with Gasteiger partial charge in [0.2, 0.25) is 0 Å². The molecule has 1 heterocycles. The van der Waals surface area contributed by atoms with Crippen LogP contribution in [-0.2, 0) is 39.9 Å². The third kappa shape index (κ3) is 9.95. The second-order valence-electron chi connectivity index (χ2n) is 11.3.